The van der Waals surface area contributed by atoms with Gasteiger partial charge in [0.05, 0.1) is 5.52 Å². The van der Waals surface area contributed by atoms with Gasteiger partial charge in [0.15, 0.2) is 6.33 Å². The second kappa shape index (κ2) is 3.50. The topological polar surface area (TPSA) is 25.8 Å². The quantitative estimate of drug-likeness (QED) is 0.429. The van der Waals surface area contributed by atoms with Gasteiger partial charge in [0.2, 0.25) is 0 Å². The Morgan fingerprint density at radius 3 is 1.94 bits per heavy atom. The molecule has 18 heavy (non-hydrogen) atoms. The Morgan fingerprint density at radius 2 is 1.22 bits per heavy atom. The Kier molecular flexibility index (Phi) is 1.86. The number of benzene rings is 3. The van der Waals surface area contributed by atoms with E-state index in [-0.39, 0.29) is 0 Å². The van der Waals surface area contributed by atoms with Crippen LogP contribution in [-0.4, -0.2) is 9.97 Å². The molecule has 3 aromatic carbocycles. The number of hydrogen-bond acceptors (Lipinski definition) is 2. The van der Waals surface area contributed by atoms with Gasteiger partial charge in [0, 0.05) is 17.0 Å². The predicted molar refractivity (Wildman–Crippen MR) is 73.4 cm³/mol. The average molecular weight is 229 g/mol. The number of hydrogen-bond donors (Lipinski definition) is 0. The van der Waals surface area contributed by atoms with Crippen molar-refractivity contribution in [1.82, 2.24) is 9.97 Å². The smallest absolute Gasteiger partial charge is 0.198 e. The van der Waals surface area contributed by atoms with E-state index in [1.165, 1.54) is 16.2 Å². The van der Waals surface area contributed by atoms with Gasteiger partial charge in [-0.2, -0.15) is 0 Å². The van der Waals surface area contributed by atoms with E-state index in [9.17, 15) is 0 Å². The molecule has 0 fully saturated rings. The molecule has 1 aromatic heterocycles. The predicted octanol–water partition coefficient (Wildman–Crippen LogP) is 3.74. The van der Waals surface area contributed by atoms with Crippen LogP contribution in [0, 0.1) is 6.33 Å². The zero-order chi connectivity index (χ0) is 11.9. The van der Waals surface area contributed by atoms with E-state index < -0.39 is 0 Å². The van der Waals surface area contributed by atoms with Gasteiger partial charge in [-0.05, 0) is 16.2 Å². The van der Waals surface area contributed by atoms with Crippen molar-refractivity contribution < 1.29 is 0 Å². The average Bonchev–Trinajstić information content (AvgIpc) is 2.48. The molecule has 0 saturated heterocycles. The Morgan fingerprint density at radius 1 is 0.667 bits per heavy atom. The summed E-state index contributed by atoms with van der Waals surface area (Å²) in [6.07, 6.45) is 4.54. The molecule has 0 aliphatic rings. The van der Waals surface area contributed by atoms with Crippen molar-refractivity contribution in [3.63, 3.8) is 0 Å². The first-order valence-electron chi connectivity index (χ1n) is 5.87. The second-order valence-electron chi connectivity index (χ2n) is 4.32. The summed E-state index contributed by atoms with van der Waals surface area (Å²) in [6.45, 7) is 0. The molecule has 1 heterocycles. The fraction of sp³-hybridized carbons (Fsp3) is 0. The van der Waals surface area contributed by atoms with E-state index in [0.29, 0.717) is 0 Å². The molecule has 0 unspecified atom stereocenters. The van der Waals surface area contributed by atoms with Gasteiger partial charge in [-0.3, -0.25) is 0 Å². The Bertz CT molecular complexity index is 661. The van der Waals surface area contributed by atoms with Crippen molar-refractivity contribution in [3.8, 4) is 0 Å². The van der Waals surface area contributed by atoms with Crippen molar-refractivity contribution in [1.29, 1.82) is 0 Å². The molecule has 2 heteroatoms. The van der Waals surface area contributed by atoms with Crippen LogP contribution in [0.25, 0.3) is 32.4 Å². The lowest BCUT2D eigenvalue weighted by atomic mass is 9.98. The lowest BCUT2D eigenvalue weighted by Gasteiger charge is -2.07. The number of rotatable bonds is 0. The molecule has 0 N–H and O–H groups in total. The van der Waals surface area contributed by atoms with Gasteiger partial charge in [0.25, 0.3) is 0 Å². The van der Waals surface area contributed by atoms with E-state index in [2.05, 4.69) is 52.7 Å². The molecule has 0 aliphatic heterocycles. The number of fused-ring (bicyclic) bond motifs is 6. The minimum absolute atomic E-state index is 0.972. The first kappa shape index (κ1) is 9.54. The van der Waals surface area contributed by atoms with Crippen LogP contribution in [0.5, 0.6) is 0 Å². The largest absolute Gasteiger partial charge is 0.233 e. The zero-order valence-corrected chi connectivity index (χ0v) is 9.59. The summed E-state index contributed by atoms with van der Waals surface area (Å²) in [5.74, 6) is 0. The SMILES string of the molecule is [c]1ncc2c3ccccc3c3ccccc3c2n1. The van der Waals surface area contributed by atoms with Crippen molar-refractivity contribution in [2.45, 2.75) is 0 Å². The monoisotopic (exact) mass is 229 g/mol. The molecule has 1 radical (unpaired) electrons. The van der Waals surface area contributed by atoms with Gasteiger partial charge < -0.3 is 0 Å². The fourth-order valence-electron chi connectivity index (χ4n) is 2.57. The highest BCUT2D eigenvalue weighted by Gasteiger charge is 2.07. The summed E-state index contributed by atoms with van der Waals surface area (Å²) in [5, 5.41) is 5.91. The minimum atomic E-state index is 0.972. The van der Waals surface area contributed by atoms with Crippen LogP contribution in [-0.2, 0) is 0 Å². The molecule has 0 amide bonds. The lowest BCUT2D eigenvalue weighted by Crippen LogP contribution is -1.86. The third kappa shape index (κ3) is 1.17. The van der Waals surface area contributed by atoms with Gasteiger partial charge in [-0.25, -0.2) is 9.97 Å². The van der Waals surface area contributed by atoms with Crippen LogP contribution >= 0.6 is 0 Å². The normalized spacial score (nSPS) is 11.3. The summed E-state index contributed by atoms with van der Waals surface area (Å²) in [5.41, 5.74) is 0.972. The van der Waals surface area contributed by atoms with E-state index >= 15 is 0 Å². The molecule has 0 atom stereocenters. The Labute approximate surface area is 104 Å². The zero-order valence-electron chi connectivity index (χ0n) is 9.59. The molecule has 2 nitrogen and oxygen atoms in total. The van der Waals surface area contributed by atoms with Crippen LogP contribution in [0.1, 0.15) is 0 Å². The highest BCUT2D eigenvalue weighted by molar-refractivity contribution is 6.23. The summed E-state index contributed by atoms with van der Waals surface area (Å²) in [6, 6.07) is 16.7. The van der Waals surface area contributed by atoms with Crippen LogP contribution in [0.3, 0.4) is 0 Å². The summed E-state index contributed by atoms with van der Waals surface area (Å²) in [4.78, 5) is 8.36. The second-order valence-corrected chi connectivity index (χ2v) is 4.32. The van der Waals surface area contributed by atoms with Crippen molar-refractivity contribution >= 4 is 32.4 Å². The third-order valence-electron chi connectivity index (χ3n) is 3.36. The molecular weight excluding hydrogens is 220 g/mol. The maximum absolute atomic E-state index is 4.32. The van der Waals surface area contributed by atoms with Crippen molar-refractivity contribution in [2.75, 3.05) is 0 Å². The first-order valence-corrected chi connectivity index (χ1v) is 5.87. The molecule has 0 aliphatic carbocycles. The summed E-state index contributed by atoms with van der Waals surface area (Å²) < 4.78 is 0. The van der Waals surface area contributed by atoms with Crippen LogP contribution < -0.4 is 0 Å². The third-order valence-corrected chi connectivity index (χ3v) is 3.36. The van der Waals surface area contributed by atoms with Gasteiger partial charge >= 0.3 is 0 Å². The van der Waals surface area contributed by atoms with Crippen molar-refractivity contribution in [3.05, 3.63) is 61.1 Å². The molecule has 0 saturated carbocycles. The van der Waals surface area contributed by atoms with Crippen LogP contribution in [0.15, 0.2) is 54.7 Å². The van der Waals surface area contributed by atoms with Gasteiger partial charge in [-0.15, -0.1) is 0 Å². The Hall–Kier alpha value is -2.48. The molecule has 4 aromatic rings. The van der Waals surface area contributed by atoms with E-state index in [4.69, 9.17) is 0 Å². The summed E-state index contributed by atoms with van der Waals surface area (Å²) >= 11 is 0. The minimum Gasteiger partial charge on any atom is -0.233 e. The molecule has 4 rings (SSSR count). The maximum atomic E-state index is 4.32. The lowest BCUT2D eigenvalue weighted by molar-refractivity contribution is 1.21. The highest BCUT2D eigenvalue weighted by atomic mass is 14.8. The van der Waals surface area contributed by atoms with E-state index in [1.54, 1.807) is 0 Å². The first-order chi connectivity index (χ1) is 8.95. The fourth-order valence-corrected chi connectivity index (χ4v) is 2.57. The molecular formula is C16H9N2. The number of nitrogens with zero attached hydrogens (tertiary/aromatic N) is 2. The number of aromatic nitrogens is 2. The maximum Gasteiger partial charge on any atom is 0.198 e. The van der Waals surface area contributed by atoms with Crippen molar-refractivity contribution in [2.24, 2.45) is 0 Å². The van der Waals surface area contributed by atoms with Crippen LogP contribution in [0.4, 0.5) is 0 Å². The highest BCUT2D eigenvalue weighted by Crippen LogP contribution is 2.32. The summed E-state index contributed by atoms with van der Waals surface area (Å²) in [7, 11) is 0. The molecule has 0 spiro atoms. The van der Waals surface area contributed by atoms with Gasteiger partial charge in [0.1, 0.15) is 0 Å². The van der Waals surface area contributed by atoms with E-state index in [1.807, 2.05) is 18.3 Å². The standard InChI is InChI=1S/C16H9N2/c1-2-7-13-11(5-1)12-6-3-4-8-14(12)16-15(13)9-17-10-18-16/h1-9H. The molecule has 83 valence electrons. The van der Waals surface area contributed by atoms with Crippen LogP contribution in [0.2, 0.25) is 0 Å². The Balaban J connectivity index is 2.46. The van der Waals surface area contributed by atoms with Gasteiger partial charge in [-0.1, -0.05) is 48.5 Å². The van der Waals surface area contributed by atoms with E-state index in [0.717, 1.165) is 16.3 Å². The molecule has 0 bridgehead atoms.